The minimum absolute atomic E-state index is 0. The van der Waals surface area contributed by atoms with Crippen LogP contribution in [0.25, 0.3) is 0 Å². The van der Waals surface area contributed by atoms with Gasteiger partial charge in [-0.25, -0.2) is 8.42 Å². The number of carbonyl (C=O) groups excluding carboxylic acids is 1. The van der Waals surface area contributed by atoms with Crippen LogP contribution in [0.1, 0.15) is 30.4 Å². The number of nitrogens with one attached hydrogen (secondary N) is 2. The molecule has 1 aromatic carbocycles. The average molecular weight is 347 g/mol. The van der Waals surface area contributed by atoms with Crippen LogP contribution in [0.4, 0.5) is 5.69 Å². The van der Waals surface area contributed by atoms with Crippen molar-refractivity contribution in [3.05, 3.63) is 29.3 Å². The van der Waals surface area contributed by atoms with E-state index < -0.39 is 9.84 Å². The van der Waals surface area contributed by atoms with Gasteiger partial charge in [0.1, 0.15) is 0 Å². The first-order chi connectivity index (χ1) is 9.85. The van der Waals surface area contributed by atoms with Crippen molar-refractivity contribution in [3.63, 3.8) is 0 Å². The molecule has 0 bridgehead atoms. The van der Waals surface area contributed by atoms with Gasteiger partial charge in [0.25, 0.3) is 0 Å². The Hall–Kier alpha value is -1.11. The lowest BCUT2D eigenvalue weighted by atomic mass is 10.1. The van der Waals surface area contributed by atoms with Crippen molar-refractivity contribution in [2.24, 2.45) is 0 Å². The van der Waals surface area contributed by atoms with Crippen LogP contribution in [0.2, 0.25) is 0 Å². The van der Waals surface area contributed by atoms with E-state index in [-0.39, 0.29) is 30.1 Å². The summed E-state index contributed by atoms with van der Waals surface area (Å²) in [4.78, 5) is 12.0. The molecular formula is C15H23ClN2O3S. The molecule has 1 aliphatic heterocycles. The van der Waals surface area contributed by atoms with E-state index in [1.165, 1.54) is 6.26 Å². The second-order valence-electron chi connectivity index (χ2n) is 5.71. The van der Waals surface area contributed by atoms with Gasteiger partial charge in [-0.3, -0.25) is 4.79 Å². The number of amides is 1. The third-order valence-electron chi connectivity index (χ3n) is 3.73. The number of halogens is 1. The van der Waals surface area contributed by atoms with E-state index in [2.05, 4.69) is 10.6 Å². The number of benzene rings is 1. The number of carbonyl (C=O) groups is 1. The molecule has 22 heavy (non-hydrogen) atoms. The topological polar surface area (TPSA) is 75.3 Å². The Morgan fingerprint density at radius 2 is 2.14 bits per heavy atom. The molecule has 1 heterocycles. The van der Waals surface area contributed by atoms with Crippen molar-refractivity contribution < 1.29 is 13.2 Å². The average Bonchev–Trinajstić information content (AvgIpc) is 2.85. The van der Waals surface area contributed by atoms with Crippen LogP contribution in [0.3, 0.4) is 0 Å². The van der Waals surface area contributed by atoms with Gasteiger partial charge >= 0.3 is 0 Å². The minimum Gasteiger partial charge on any atom is -0.326 e. The molecule has 0 aliphatic carbocycles. The maximum atomic E-state index is 12.0. The van der Waals surface area contributed by atoms with Crippen LogP contribution >= 0.6 is 12.4 Å². The smallest absolute Gasteiger partial charge is 0.225 e. The van der Waals surface area contributed by atoms with Crippen molar-refractivity contribution in [1.82, 2.24) is 5.32 Å². The second-order valence-corrected chi connectivity index (χ2v) is 7.85. The predicted molar refractivity (Wildman–Crippen MR) is 91.2 cm³/mol. The van der Waals surface area contributed by atoms with Crippen LogP contribution < -0.4 is 10.6 Å². The number of sulfone groups is 1. The Kier molecular flexibility index (Phi) is 6.84. The Morgan fingerprint density at radius 3 is 2.73 bits per heavy atom. The molecule has 124 valence electrons. The predicted octanol–water partition coefficient (Wildman–Crippen LogP) is 2.04. The SMILES string of the molecule is Cc1c(CS(C)(=O)=O)cccc1NC(=O)CC1CCCN1.Cl. The molecule has 1 saturated heterocycles. The summed E-state index contributed by atoms with van der Waals surface area (Å²) >= 11 is 0. The Labute approximate surface area is 138 Å². The van der Waals surface area contributed by atoms with E-state index in [9.17, 15) is 13.2 Å². The lowest BCUT2D eigenvalue weighted by molar-refractivity contribution is -0.116. The number of hydrogen-bond acceptors (Lipinski definition) is 4. The molecule has 1 unspecified atom stereocenters. The molecule has 2 rings (SSSR count). The van der Waals surface area contributed by atoms with Crippen LogP contribution in [-0.4, -0.2) is 33.2 Å². The van der Waals surface area contributed by atoms with Gasteiger partial charge in [-0.05, 0) is 43.5 Å². The zero-order valence-corrected chi connectivity index (χ0v) is 14.5. The van der Waals surface area contributed by atoms with Gasteiger partial charge < -0.3 is 10.6 Å². The largest absolute Gasteiger partial charge is 0.326 e. The molecule has 1 amide bonds. The zero-order chi connectivity index (χ0) is 15.5. The molecule has 7 heteroatoms. The highest BCUT2D eigenvalue weighted by atomic mass is 35.5. The highest BCUT2D eigenvalue weighted by Gasteiger charge is 2.18. The molecular weight excluding hydrogens is 324 g/mol. The summed E-state index contributed by atoms with van der Waals surface area (Å²) in [5.74, 6) is -0.0405. The van der Waals surface area contributed by atoms with Gasteiger partial charge in [-0.2, -0.15) is 0 Å². The molecule has 1 aliphatic rings. The standard InChI is InChI=1S/C15H22N2O3S.ClH/c1-11-12(10-21(2,19)20)5-3-7-14(11)17-15(18)9-13-6-4-8-16-13;/h3,5,7,13,16H,4,6,8-10H2,1-2H3,(H,17,18);1H. The summed E-state index contributed by atoms with van der Waals surface area (Å²) in [5, 5.41) is 6.18. The molecule has 1 aromatic rings. The fourth-order valence-corrected chi connectivity index (χ4v) is 3.49. The lowest BCUT2D eigenvalue weighted by Crippen LogP contribution is -2.27. The van der Waals surface area contributed by atoms with Gasteiger partial charge in [0.05, 0.1) is 5.75 Å². The molecule has 0 spiro atoms. The van der Waals surface area contributed by atoms with E-state index in [1.807, 2.05) is 6.92 Å². The lowest BCUT2D eigenvalue weighted by Gasteiger charge is -2.14. The van der Waals surface area contributed by atoms with Gasteiger partial charge in [-0.15, -0.1) is 12.4 Å². The minimum atomic E-state index is -3.09. The Morgan fingerprint density at radius 1 is 1.41 bits per heavy atom. The number of rotatable bonds is 5. The Bertz CT molecular complexity index is 626. The van der Waals surface area contributed by atoms with Gasteiger partial charge in [-0.1, -0.05) is 12.1 Å². The van der Waals surface area contributed by atoms with Gasteiger partial charge in [0.2, 0.25) is 5.91 Å². The second kappa shape index (κ2) is 7.94. The molecule has 0 aromatic heterocycles. The summed E-state index contributed by atoms with van der Waals surface area (Å²) in [6, 6.07) is 5.62. The highest BCUT2D eigenvalue weighted by Crippen LogP contribution is 2.21. The van der Waals surface area contributed by atoms with Crippen LogP contribution in [0.15, 0.2) is 18.2 Å². The third kappa shape index (κ3) is 5.59. The van der Waals surface area contributed by atoms with E-state index in [0.717, 1.165) is 30.5 Å². The summed E-state index contributed by atoms with van der Waals surface area (Å²) in [7, 11) is -3.09. The van der Waals surface area contributed by atoms with Gasteiger partial charge in [0, 0.05) is 24.4 Å². The van der Waals surface area contributed by atoms with Crippen molar-refractivity contribution in [2.45, 2.75) is 38.0 Å². The maximum absolute atomic E-state index is 12.0. The monoisotopic (exact) mass is 346 g/mol. The fraction of sp³-hybridized carbons (Fsp3) is 0.533. The van der Waals surface area contributed by atoms with Crippen molar-refractivity contribution in [2.75, 3.05) is 18.1 Å². The van der Waals surface area contributed by atoms with E-state index >= 15 is 0 Å². The van der Waals surface area contributed by atoms with Crippen molar-refractivity contribution in [1.29, 1.82) is 0 Å². The third-order valence-corrected chi connectivity index (χ3v) is 4.57. The first kappa shape index (κ1) is 18.9. The first-order valence-electron chi connectivity index (χ1n) is 7.14. The summed E-state index contributed by atoms with van der Waals surface area (Å²) < 4.78 is 22.8. The quantitative estimate of drug-likeness (QED) is 0.855. The van der Waals surface area contributed by atoms with Crippen molar-refractivity contribution in [3.8, 4) is 0 Å². The summed E-state index contributed by atoms with van der Waals surface area (Å²) in [6.07, 6.45) is 3.81. The Balaban J connectivity index is 0.00000242. The van der Waals surface area contributed by atoms with E-state index in [1.54, 1.807) is 18.2 Å². The fourth-order valence-electron chi connectivity index (χ4n) is 2.61. The van der Waals surface area contributed by atoms with Crippen LogP contribution in [-0.2, 0) is 20.4 Å². The van der Waals surface area contributed by atoms with Gasteiger partial charge in [0.15, 0.2) is 9.84 Å². The molecule has 5 nitrogen and oxygen atoms in total. The number of hydrogen-bond donors (Lipinski definition) is 2. The van der Waals surface area contributed by atoms with Crippen LogP contribution in [0, 0.1) is 6.92 Å². The molecule has 1 atom stereocenters. The highest BCUT2D eigenvalue weighted by molar-refractivity contribution is 7.89. The molecule has 1 fully saturated rings. The molecule has 0 radical (unpaired) electrons. The van der Waals surface area contributed by atoms with E-state index in [4.69, 9.17) is 0 Å². The zero-order valence-electron chi connectivity index (χ0n) is 12.9. The number of anilines is 1. The summed E-state index contributed by atoms with van der Waals surface area (Å²) in [5.41, 5.74) is 2.24. The molecule has 2 N–H and O–H groups in total. The molecule has 0 saturated carbocycles. The normalized spacial score (nSPS) is 17.8. The first-order valence-corrected chi connectivity index (χ1v) is 9.20. The van der Waals surface area contributed by atoms with Crippen LogP contribution in [0.5, 0.6) is 0 Å². The summed E-state index contributed by atoms with van der Waals surface area (Å²) in [6.45, 7) is 2.81. The maximum Gasteiger partial charge on any atom is 0.225 e. The van der Waals surface area contributed by atoms with Crippen molar-refractivity contribution >= 4 is 33.8 Å². The van der Waals surface area contributed by atoms with E-state index in [0.29, 0.717) is 12.1 Å².